The van der Waals surface area contributed by atoms with Crippen LogP contribution in [0.1, 0.15) is 16.7 Å². The van der Waals surface area contributed by atoms with Crippen molar-refractivity contribution in [2.24, 2.45) is 0 Å². The molecule has 0 aromatic heterocycles. The minimum Gasteiger partial charge on any atom is -0.279 e. The van der Waals surface area contributed by atoms with Gasteiger partial charge in [0.1, 0.15) is 0 Å². The van der Waals surface area contributed by atoms with Gasteiger partial charge in [-0.3, -0.25) is 4.72 Å². The maximum absolute atomic E-state index is 12.6. The molecule has 3 aromatic carbocycles. The molecule has 0 fully saturated rings. The molecule has 116 valence electrons. The number of rotatable bonds is 3. The molecule has 0 aliphatic heterocycles. The number of benzene rings is 3. The average Bonchev–Trinajstić information content (AvgIpc) is 2.95. The molecule has 1 aliphatic carbocycles. The molecule has 0 saturated carbocycles. The molecule has 1 aliphatic rings. The Morgan fingerprint density at radius 1 is 0.870 bits per heavy atom. The molecule has 1 N–H and O–H groups in total. The summed E-state index contributed by atoms with van der Waals surface area (Å²) >= 11 is 0. The summed E-state index contributed by atoms with van der Waals surface area (Å²) in [5.74, 6) is 0. The van der Waals surface area contributed by atoms with Crippen LogP contribution in [0.25, 0.3) is 10.8 Å². The van der Waals surface area contributed by atoms with E-state index in [1.807, 2.05) is 43.3 Å². The van der Waals surface area contributed by atoms with E-state index in [0.717, 1.165) is 23.8 Å². The zero-order valence-electron chi connectivity index (χ0n) is 12.8. The number of anilines is 1. The average molecular weight is 323 g/mol. The van der Waals surface area contributed by atoms with Gasteiger partial charge >= 0.3 is 0 Å². The Morgan fingerprint density at radius 2 is 1.57 bits per heavy atom. The second kappa shape index (κ2) is 5.10. The molecule has 0 saturated heterocycles. The van der Waals surface area contributed by atoms with E-state index < -0.39 is 10.0 Å². The van der Waals surface area contributed by atoms with E-state index in [4.69, 9.17) is 0 Å². The van der Waals surface area contributed by atoms with Crippen LogP contribution in [0.5, 0.6) is 0 Å². The number of hydrogen-bond donors (Lipinski definition) is 1. The minimum atomic E-state index is -3.58. The van der Waals surface area contributed by atoms with Crippen LogP contribution in [0, 0.1) is 6.92 Å². The predicted molar refractivity (Wildman–Crippen MR) is 93.3 cm³/mol. The standard InChI is InChI=1S/C19H17NO2S/c1-13-5-10-16(11-6-13)23(21,22)20-18-12-9-15-8-7-14-3-2-4-17(18)19(14)15/h2-6,9-12,20H,7-8H2,1H3. The lowest BCUT2D eigenvalue weighted by molar-refractivity contribution is 0.601. The van der Waals surface area contributed by atoms with E-state index in [1.165, 1.54) is 16.5 Å². The highest BCUT2D eigenvalue weighted by Gasteiger charge is 2.19. The highest BCUT2D eigenvalue weighted by Crippen LogP contribution is 2.35. The molecule has 3 nitrogen and oxygen atoms in total. The maximum atomic E-state index is 12.6. The lowest BCUT2D eigenvalue weighted by Crippen LogP contribution is -2.13. The Labute approximate surface area is 136 Å². The van der Waals surface area contributed by atoms with Crippen molar-refractivity contribution in [2.75, 3.05) is 4.72 Å². The number of nitrogens with one attached hydrogen (secondary N) is 1. The highest BCUT2D eigenvalue weighted by atomic mass is 32.2. The fraction of sp³-hybridized carbons (Fsp3) is 0.158. The van der Waals surface area contributed by atoms with Gasteiger partial charge in [-0.1, -0.05) is 42.0 Å². The van der Waals surface area contributed by atoms with Crippen molar-refractivity contribution in [1.82, 2.24) is 0 Å². The summed E-state index contributed by atoms with van der Waals surface area (Å²) in [6.45, 7) is 1.94. The number of sulfonamides is 1. The Morgan fingerprint density at radius 3 is 2.30 bits per heavy atom. The summed E-state index contributed by atoms with van der Waals surface area (Å²) in [5.41, 5.74) is 4.28. The Hall–Kier alpha value is -2.33. The third-order valence-corrected chi connectivity index (χ3v) is 5.83. The lowest BCUT2D eigenvalue weighted by atomic mass is 10.0. The first-order valence-corrected chi connectivity index (χ1v) is 9.16. The minimum absolute atomic E-state index is 0.284. The summed E-state index contributed by atoms with van der Waals surface area (Å²) in [4.78, 5) is 0.284. The van der Waals surface area contributed by atoms with E-state index in [-0.39, 0.29) is 4.90 Å². The van der Waals surface area contributed by atoms with Crippen LogP contribution in [0.4, 0.5) is 5.69 Å². The summed E-state index contributed by atoms with van der Waals surface area (Å²) in [6, 6.07) is 16.9. The fourth-order valence-corrected chi connectivity index (χ4v) is 4.34. The third kappa shape index (κ3) is 2.39. The van der Waals surface area contributed by atoms with Crippen molar-refractivity contribution in [3.05, 3.63) is 71.3 Å². The topological polar surface area (TPSA) is 46.2 Å². The van der Waals surface area contributed by atoms with E-state index in [1.54, 1.807) is 12.1 Å². The van der Waals surface area contributed by atoms with Crippen LogP contribution >= 0.6 is 0 Å². The van der Waals surface area contributed by atoms with Crippen LogP contribution in [0.2, 0.25) is 0 Å². The molecule has 0 heterocycles. The van der Waals surface area contributed by atoms with Crippen LogP contribution in [-0.4, -0.2) is 8.42 Å². The Bertz CT molecular complexity index is 995. The van der Waals surface area contributed by atoms with Crippen LogP contribution in [0.15, 0.2) is 59.5 Å². The molecule has 0 spiro atoms. The van der Waals surface area contributed by atoms with E-state index >= 15 is 0 Å². The van der Waals surface area contributed by atoms with Crippen molar-refractivity contribution >= 4 is 26.5 Å². The van der Waals surface area contributed by atoms with Crippen molar-refractivity contribution in [3.8, 4) is 0 Å². The second-order valence-electron chi connectivity index (χ2n) is 6.03. The predicted octanol–water partition coefficient (Wildman–Crippen LogP) is 4.05. The molecule has 4 rings (SSSR count). The third-order valence-electron chi connectivity index (χ3n) is 4.45. The van der Waals surface area contributed by atoms with Crippen LogP contribution < -0.4 is 4.72 Å². The monoisotopic (exact) mass is 323 g/mol. The van der Waals surface area contributed by atoms with Crippen LogP contribution in [-0.2, 0) is 22.9 Å². The summed E-state index contributed by atoms with van der Waals surface area (Å²) in [7, 11) is -3.58. The molecule has 0 amide bonds. The quantitative estimate of drug-likeness (QED) is 0.790. The zero-order valence-corrected chi connectivity index (χ0v) is 13.7. The molecule has 3 aromatic rings. The molecular formula is C19H17NO2S. The van der Waals surface area contributed by atoms with Gasteiger partial charge in [0.05, 0.1) is 10.6 Å². The van der Waals surface area contributed by atoms with Crippen molar-refractivity contribution in [3.63, 3.8) is 0 Å². The SMILES string of the molecule is Cc1ccc(S(=O)(=O)Nc2ccc3c4c(cccc24)CC3)cc1. The molecule has 0 atom stereocenters. The van der Waals surface area contributed by atoms with Gasteiger partial charge in [-0.25, -0.2) is 8.42 Å². The van der Waals surface area contributed by atoms with Crippen molar-refractivity contribution in [2.45, 2.75) is 24.7 Å². The first-order valence-electron chi connectivity index (χ1n) is 7.67. The van der Waals surface area contributed by atoms with Gasteiger partial charge in [-0.2, -0.15) is 0 Å². The molecule has 4 heteroatoms. The second-order valence-corrected chi connectivity index (χ2v) is 7.71. The van der Waals surface area contributed by atoms with Gasteiger partial charge in [0.2, 0.25) is 0 Å². The maximum Gasteiger partial charge on any atom is 0.261 e. The Balaban J connectivity index is 1.81. The van der Waals surface area contributed by atoms with Gasteiger partial charge in [0, 0.05) is 5.39 Å². The molecular weight excluding hydrogens is 306 g/mol. The van der Waals surface area contributed by atoms with Gasteiger partial charge in [-0.15, -0.1) is 0 Å². The summed E-state index contributed by atoms with van der Waals surface area (Å²) < 4.78 is 28.0. The first kappa shape index (κ1) is 14.3. The van der Waals surface area contributed by atoms with Gasteiger partial charge < -0.3 is 0 Å². The largest absolute Gasteiger partial charge is 0.279 e. The van der Waals surface area contributed by atoms with Gasteiger partial charge in [0.15, 0.2) is 0 Å². The van der Waals surface area contributed by atoms with E-state index in [9.17, 15) is 8.42 Å². The van der Waals surface area contributed by atoms with Crippen LogP contribution in [0.3, 0.4) is 0 Å². The van der Waals surface area contributed by atoms with Gasteiger partial charge in [-0.05, 0) is 54.5 Å². The Kier molecular flexibility index (Phi) is 3.16. The number of hydrogen-bond acceptors (Lipinski definition) is 2. The summed E-state index contributed by atoms with van der Waals surface area (Å²) in [6.07, 6.45) is 2.06. The molecule has 0 unspecified atom stereocenters. The van der Waals surface area contributed by atoms with Crippen molar-refractivity contribution < 1.29 is 8.42 Å². The highest BCUT2D eigenvalue weighted by molar-refractivity contribution is 7.92. The lowest BCUT2D eigenvalue weighted by Gasteiger charge is -2.12. The van der Waals surface area contributed by atoms with Gasteiger partial charge in [0.25, 0.3) is 10.0 Å². The molecule has 0 radical (unpaired) electrons. The zero-order chi connectivity index (χ0) is 16.0. The summed E-state index contributed by atoms with van der Waals surface area (Å²) in [5, 5.41) is 2.18. The van der Waals surface area contributed by atoms with E-state index in [0.29, 0.717) is 5.69 Å². The van der Waals surface area contributed by atoms with E-state index in [2.05, 4.69) is 10.8 Å². The molecule has 0 bridgehead atoms. The first-order chi connectivity index (χ1) is 11.0. The normalized spacial score (nSPS) is 13.4. The number of aryl methyl sites for hydroxylation is 3. The fourth-order valence-electron chi connectivity index (χ4n) is 3.26. The smallest absolute Gasteiger partial charge is 0.261 e. The molecule has 23 heavy (non-hydrogen) atoms. The van der Waals surface area contributed by atoms with Crippen molar-refractivity contribution in [1.29, 1.82) is 0 Å².